The summed E-state index contributed by atoms with van der Waals surface area (Å²) >= 11 is 11.6. The standard InChI is InChI=1S/C13H11Cl2NO3S/c14-10-5-11(15)7-12(6-10)20(18,19)16-8-9-3-1-2-4-13(9)17/h1-7,16-17H,8H2. The van der Waals surface area contributed by atoms with Crippen LogP contribution in [-0.2, 0) is 16.6 Å². The van der Waals surface area contributed by atoms with E-state index in [2.05, 4.69) is 4.72 Å². The summed E-state index contributed by atoms with van der Waals surface area (Å²) in [5.74, 6) is 0.0272. The predicted octanol–water partition coefficient (Wildman–Crippen LogP) is 3.18. The second-order valence-corrected chi connectivity index (χ2v) is 6.70. The van der Waals surface area contributed by atoms with Crippen LogP contribution in [0.25, 0.3) is 0 Å². The van der Waals surface area contributed by atoms with Gasteiger partial charge in [-0.15, -0.1) is 0 Å². The van der Waals surface area contributed by atoms with Gasteiger partial charge >= 0.3 is 0 Å². The average Bonchev–Trinajstić information content (AvgIpc) is 2.37. The lowest BCUT2D eigenvalue weighted by atomic mass is 10.2. The molecule has 0 amide bonds. The number of phenolic OH excluding ortho intramolecular Hbond substituents is 1. The first kappa shape index (κ1) is 15.1. The maximum atomic E-state index is 12.1. The Morgan fingerprint density at radius 1 is 1.05 bits per heavy atom. The smallest absolute Gasteiger partial charge is 0.240 e. The molecular formula is C13H11Cl2NO3S. The Balaban J connectivity index is 2.22. The van der Waals surface area contributed by atoms with Crippen molar-refractivity contribution in [3.63, 3.8) is 0 Å². The zero-order valence-corrected chi connectivity index (χ0v) is 12.5. The molecule has 0 atom stereocenters. The van der Waals surface area contributed by atoms with E-state index in [0.29, 0.717) is 5.56 Å². The lowest BCUT2D eigenvalue weighted by Gasteiger charge is -2.08. The molecule has 20 heavy (non-hydrogen) atoms. The normalized spacial score (nSPS) is 11.5. The van der Waals surface area contributed by atoms with Crippen LogP contribution in [0.4, 0.5) is 0 Å². The zero-order chi connectivity index (χ0) is 14.8. The Bertz CT molecular complexity index is 712. The fraction of sp³-hybridized carbons (Fsp3) is 0.0769. The van der Waals surface area contributed by atoms with Crippen LogP contribution in [0.5, 0.6) is 5.75 Å². The summed E-state index contributed by atoms with van der Waals surface area (Å²) in [7, 11) is -3.75. The topological polar surface area (TPSA) is 66.4 Å². The summed E-state index contributed by atoms with van der Waals surface area (Å²) in [6.07, 6.45) is 0. The van der Waals surface area contributed by atoms with Crippen molar-refractivity contribution in [3.8, 4) is 5.75 Å². The molecule has 0 bridgehead atoms. The van der Waals surface area contributed by atoms with Gasteiger partial charge in [0.15, 0.2) is 0 Å². The molecule has 4 nitrogen and oxygen atoms in total. The van der Waals surface area contributed by atoms with Crippen LogP contribution < -0.4 is 4.72 Å². The van der Waals surface area contributed by atoms with Crippen LogP contribution in [0, 0.1) is 0 Å². The van der Waals surface area contributed by atoms with E-state index < -0.39 is 10.0 Å². The number of nitrogens with one attached hydrogen (secondary N) is 1. The number of halogens is 2. The Labute approximate surface area is 127 Å². The molecule has 0 aromatic heterocycles. The second kappa shape index (κ2) is 6.01. The molecule has 0 aliphatic heterocycles. The van der Waals surface area contributed by atoms with E-state index in [1.807, 2.05) is 0 Å². The minimum absolute atomic E-state index is 0.0228. The highest BCUT2D eigenvalue weighted by Crippen LogP contribution is 2.23. The summed E-state index contributed by atoms with van der Waals surface area (Å²) in [6.45, 7) is -0.0286. The van der Waals surface area contributed by atoms with Crippen molar-refractivity contribution >= 4 is 33.2 Å². The second-order valence-electron chi connectivity index (χ2n) is 4.06. The number of aromatic hydroxyl groups is 1. The van der Waals surface area contributed by atoms with Crippen LogP contribution in [0.15, 0.2) is 47.4 Å². The quantitative estimate of drug-likeness (QED) is 0.904. The van der Waals surface area contributed by atoms with Crippen molar-refractivity contribution in [1.29, 1.82) is 0 Å². The number of sulfonamides is 1. The number of phenols is 1. The molecule has 2 rings (SSSR count). The van der Waals surface area contributed by atoms with Crippen LogP contribution in [0.3, 0.4) is 0 Å². The molecule has 0 spiro atoms. The van der Waals surface area contributed by atoms with E-state index in [0.717, 1.165) is 0 Å². The number of benzene rings is 2. The van der Waals surface area contributed by atoms with Gasteiger partial charge in [-0.3, -0.25) is 0 Å². The van der Waals surface area contributed by atoms with Crippen LogP contribution in [-0.4, -0.2) is 13.5 Å². The monoisotopic (exact) mass is 331 g/mol. The molecule has 0 radical (unpaired) electrons. The average molecular weight is 332 g/mol. The molecule has 0 saturated carbocycles. The van der Waals surface area contributed by atoms with Gasteiger partial charge in [-0.2, -0.15) is 0 Å². The number of hydrogen-bond donors (Lipinski definition) is 2. The lowest BCUT2D eigenvalue weighted by molar-refractivity contribution is 0.467. The molecule has 0 aliphatic carbocycles. The van der Waals surface area contributed by atoms with Gasteiger partial charge in [0.05, 0.1) is 4.90 Å². The molecular weight excluding hydrogens is 321 g/mol. The van der Waals surface area contributed by atoms with Crippen molar-refractivity contribution in [3.05, 3.63) is 58.1 Å². The largest absolute Gasteiger partial charge is 0.508 e. The fourth-order valence-electron chi connectivity index (χ4n) is 1.60. The number of rotatable bonds is 4. The molecule has 0 aliphatic rings. The van der Waals surface area contributed by atoms with Crippen LogP contribution in [0.2, 0.25) is 10.0 Å². The number of para-hydroxylation sites is 1. The van der Waals surface area contributed by atoms with Crippen molar-refractivity contribution < 1.29 is 13.5 Å². The van der Waals surface area contributed by atoms with Gasteiger partial charge in [0.25, 0.3) is 0 Å². The van der Waals surface area contributed by atoms with Gasteiger partial charge < -0.3 is 5.11 Å². The Hall–Kier alpha value is -1.27. The number of hydrogen-bond acceptors (Lipinski definition) is 3. The highest BCUT2D eigenvalue weighted by Gasteiger charge is 2.16. The summed E-state index contributed by atoms with van der Waals surface area (Å²) in [4.78, 5) is -0.0228. The van der Waals surface area contributed by atoms with Crippen molar-refractivity contribution in [1.82, 2.24) is 4.72 Å². The van der Waals surface area contributed by atoms with E-state index in [4.69, 9.17) is 23.2 Å². The summed E-state index contributed by atoms with van der Waals surface area (Å²) in [5.41, 5.74) is 0.476. The lowest BCUT2D eigenvalue weighted by Crippen LogP contribution is -2.23. The van der Waals surface area contributed by atoms with Gasteiger partial charge in [0, 0.05) is 22.2 Å². The van der Waals surface area contributed by atoms with Crippen LogP contribution in [0.1, 0.15) is 5.56 Å². The Kier molecular flexibility index (Phi) is 4.55. The molecule has 2 N–H and O–H groups in total. The fourth-order valence-corrected chi connectivity index (χ4v) is 3.33. The first-order valence-corrected chi connectivity index (χ1v) is 7.85. The first-order valence-electron chi connectivity index (χ1n) is 5.61. The summed E-state index contributed by atoms with van der Waals surface area (Å²) in [6, 6.07) is 10.5. The third kappa shape index (κ3) is 3.64. The minimum Gasteiger partial charge on any atom is -0.508 e. The van der Waals surface area contributed by atoms with Crippen molar-refractivity contribution in [2.75, 3.05) is 0 Å². The van der Waals surface area contributed by atoms with E-state index in [9.17, 15) is 13.5 Å². The van der Waals surface area contributed by atoms with Gasteiger partial charge in [0.1, 0.15) is 5.75 Å². The molecule has 0 heterocycles. The van der Waals surface area contributed by atoms with Gasteiger partial charge in [-0.1, -0.05) is 41.4 Å². The first-order chi connectivity index (χ1) is 9.38. The third-order valence-electron chi connectivity index (χ3n) is 2.59. The molecule has 2 aromatic rings. The van der Waals surface area contributed by atoms with E-state index in [1.54, 1.807) is 18.2 Å². The SMILES string of the molecule is O=S(=O)(NCc1ccccc1O)c1cc(Cl)cc(Cl)c1. The Morgan fingerprint density at radius 2 is 1.65 bits per heavy atom. The maximum absolute atomic E-state index is 12.1. The van der Waals surface area contributed by atoms with Crippen molar-refractivity contribution in [2.45, 2.75) is 11.4 Å². The molecule has 0 saturated heterocycles. The maximum Gasteiger partial charge on any atom is 0.240 e. The van der Waals surface area contributed by atoms with Gasteiger partial charge in [-0.25, -0.2) is 13.1 Å². The van der Waals surface area contributed by atoms with E-state index in [1.165, 1.54) is 24.3 Å². The molecule has 0 fully saturated rings. The molecule has 0 unspecified atom stereocenters. The predicted molar refractivity (Wildman–Crippen MR) is 78.6 cm³/mol. The van der Waals surface area contributed by atoms with Gasteiger partial charge in [0.2, 0.25) is 10.0 Å². The molecule has 2 aromatic carbocycles. The van der Waals surface area contributed by atoms with E-state index >= 15 is 0 Å². The van der Waals surface area contributed by atoms with Gasteiger partial charge in [-0.05, 0) is 24.3 Å². The summed E-state index contributed by atoms with van der Waals surface area (Å²) < 4.78 is 26.6. The Morgan fingerprint density at radius 3 is 2.25 bits per heavy atom. The van der Waals surface area contributed by atoms with Crippen molar-refractivity contribution in [2.24, 2.45) is 0 Å². The minimum atomic E-state index is -3.75. The third-order valence-corrected chi connectivity index (χ3v) is 4.41. The van der Waals surface area contributed by atoms with E-state index in [-0.39, 0.29) is 27.2 Å². The zero-order valence-electron chi connectivity index (χ0n) is 10.2. The highest BCUT2D eigenvalue weighted by atomic mass is 35.5. The molecule has 7 heteroatoms. The molecule has 106 valence electrons. The van der Waals surface area contributed by atoms with Crippen LogP contribution >= 0.6 is 23.2 Å². The highest BCUT2D eigenvalue weighted by molar-refractivity contribution is 7.89. The summed E-state index contributed by atoms with van der Waals surface area (Å²) in [5, 5.41) is 10.1.